The molecule has 1 saturated carbocycles. The molecule has 3 aliphatic rings. The van der Waals surface area contributed by atoms with E-state index in [1.807, 2.05) is 4.90 Å². The van der Waals surface area contributed by atoms with Crippen LogP contribution in [0, 0.1) is 0 Å². The number of halogens is 2. The number of carbonyl (C=O) groups excluding carboxylic acids is 3. The summed E-state index contributed by atoms with van der Waals surface area (Å²) in [6.45, 7) is 2.10. The molecule has 1 aromatic carbocycles. The van der Waals surface area contributed by atoms with E-state index in [1.165, 1.54) is 7.11 Å². The molecule has 186 valence electrons. The first-order valence-electron chi connectivity index (χ1n) is 11.8. The molecule has 0 aromatic heterocycles. The number of amides is 2. The van der Waals surface area contributed by atoms with E-state index >= 15 is 0 Å². The van der Waals surface area contributed by atoms with Crippen LogP contribution in [0.1, 0.15) is 37.7 Å². The normalized spacial score (nSPS) is 27.4. The number of aliphatic hydroxyl groups excluding tert-OH is 1. The van der Waals surface area contributed by atoms with Crippen LogP contribution in [0.15, 0.2) is 18.2 Å². The van der Waals surface area contributed by atoms with Crippen LogP contribution >= 0.6 is 23.2 Å². The lowest BCUT2D eigenvalue weighted by molar-refractivity contribution is -0.157. The molecule has 1 N–H and O–H groups in total. The summed E-state index contributed by atoms with van der Waals surface area (Å²) < 4.78 is 4.70. The summed E-state index contributed by atoms with van der Waals surface area (Å²) in [7, 11) is 1.27. The molecule has 0 bridgehead atoms. The van der Waals surface area contributed by atoms with Gasteiger partial charge in [0.05, 0.1) is 41.8 Å². The van der Waals surface area contributed by atoms with Gasteiger partial charge in [0.25, 0.3) is 0 Å². The van der Waals surface area contributed by atoms with E-state index < -0.39 is 5.97 Å². The van der Waals surface area contributed by atoms with Crippen molar-refractivity contribution < 1.29 is 24.2 Å². The van der Waals surface area contributed by atoms with Gasteiger partial charge in [0, 0.05) is 32.2 Å². The van der Waals surface area contributed by atoms with E-state index in [0.717, 1.165) is 31.4 Å². The highest BCUT2D eigenvalue weighted by Gasteiger charge is 2.49. The van der Waals surface area contributed by atoms with Crippen LogP contribution in [0.3, 0.4) is 0 Å². The molecule has 10 heteroatoms. The summed E-state index contributed by atoms with van der Waals surface area (Å²) in [5, 5.41) is 11.0. The van der Waals surface area contributed by atoms with Gasteiger partial charge in [-0.2, -0.15) is 0 Å². The van der Waals surface area contributed by atoms with Crippen molar-refractivity contribution in [2.75, 3.05) is 33.3 Å². The van der Waals surface area contributed by atoms with Crippen molar-refractivity contribution in [2.45, 2.75) is 62.8 Å². The molecule has 34 heavy (non-hydrogen) atoms. The molecule has 2 amide bonds. The predicted molar refractivity (Wildman–Crippen MR) is 128 cm³/mol. The molecule has 3 fully saturated rings. The van der Waals surface area contributed by atoms with Crippen LogP contribution in [0.4, 0.5) is 0 Å². The van der Waals surface area contributed by atoms with Gasteiger partial charge < -0.3 is 19.6 Å². The number of fused-ring (bicyclic) bond motifs is 1. The molecular weight excluding hydrogens is 481 g/mol. The van der Waals surface area contributed by atoms with E-state index in [2.05, 4.69) is 4.90 Å². The molecule has 8 nitrogen and oxygen atoms in total. The zero-order valence-electron chi connectivity index (χ0n) is 19.3. The van der Waals surface area contributed by atoms with Crippen LogP contribution in [0.5, 0.6) is 0 Å². The van der Waals surface area contributed by atoms with Gasteiger partial charge in [-0.1, -0.05) is 29.3 Å². The number of methoxy groups -OCH3 is 1. The molecule has 2 saturated heterocycles. The number of carbonyl (C=O) groups is 3. The fourth-order valence-electron chi connectivity index (χ4n) is 5.71. The van der Waals surface area contributed by atoms with Gasteiger partial charge in [-0.3, -0.25) is 19.3 Å². The highest BCUT2D eigenvalue weighted by molar-refractivity contribution is 6.42. The molecule has 2 heterocycles. The Balaban J connectivity index is 1.59. The number of piperazine rings is 1. The second kappa shape index (κ2) is 10.8. The smallest absolute Gasteiger partial charge is 0.315 e. The molecule has 4 atom stereocenters. The topological polar surface area (TPSA) is 90.4 Å². The first-order valence-corrected chi connectivity index (χ1v) is 12.6. The van der Waals surface area contributed by atoms with E-state index in [1.54, 1.807) is 23.1 Å². The average molecular weight is 512 g/mol. The maximum atomic E-state index is 13.5. The van der Waals surface area contributed by atoms with Crippen molar-refractivity contribution in [3.05, 3.63) is 33.8 Å². The van der Waals surface area contributed by atoms with Crippen LogP contribution in [0.2, 0.25) is 10.0 Å². The minimum absolute atomic E-state index is 0.0277. The van der Waals surface area contributed by atoms with Gasteiger partial charge in [-0.25, -0.2) is 0 Å². The maximum Gasteiger partial charge on any atom is 0.315 e. The Hall–Kier alpha value is -1.87. The van der Waals surface area contributed by atoms with Crippen molar-refractivity contribution in [3.8, 4) is 0 Å². The number of β-amino-alcohol motifs (C(OH)–C–C–N with tert-alkyl or cyclic N) is 1. The Labute approximate surface area is 209 Å². The van der Waals surface area contributed by atoms with Gasteiger partial charge in [0.1, 0.15) is 6.42 Å². The highest BCUT2D eigenvalue weighted by atomic mass is 35.5. The third-order valence-corrected chi connectivity index (χ3v) is 8.04. The third kappa shape index (κ3) is 5.35. The summed E-state index contributed by atoms with van der Waals surface area (Å²) in [6.07, 6.45) is 2.78. The lowest BCUT2D eigenvalue weighted by Gasteiger charge is -2.54. The number of aliphatic hydroxyl groups is 1. The lowest BCUT2D eigenvalue weighted by atomic mass is 9.81. The summed E-state index contributed by atoms with van der Waals surface area (Å²) >= 11 is 12.2. The molecular formula is C24H31Cl2N3O5. The van der Waals surface area contributed by atoms with Gasteiger partial charge in [0.15, 0.2) is 0 Å². The number of hydrogen-bond acceptors (Lipinski definition) is 6. The van der Waals surface area contributed by atoms with Crippen LogP contribution in [-0.2, 0) is 25.5 Å². The number of hydrogen-bond donors (Lipinski definition) is 1. The number of rotatable bonds is 5. The molecule has 1 aliphatic carbocycles. The first-order chi connectivity index (χ1) is 16.3. The second-order valence-electron chi connectivity index (χ2n) is 9.35. The summed E-state index contributed by atoms with van der Waals surface area (Å²) in [6, 6.07) is 4.86. The van der Waals surface area contributed by atoms with E-state index in [4.69, 9.17) is 27.9 Å². The third-order valence-electron chi connectivity index (χ3n) is 7.30. The highest BCUT2D eigenvalue weighted by Crippen LogP contribution is 2.36. The Morgan fingerprint density at radius 1 is 1.00 bits per heavy atom. The summed E-state index contributed by atoms with van der Waals surface area (Å²) in [5.74, 6) is -0.852. The quantitative estimate of drug-likeness (QED) is 0.481. The van der Waals surface area contributed by atoms with Crippen LogP contribution < -0.4 is 0 Å². The molecule has 4 rings (SSSR count). The molecule has 1 unspecified atom stereocenters. The Bertz CT molecular complexity index is 945. The monoisotopic (exact) mass is 511 g/mol. The van der Waals surface area contributed by atoms with Gasteiger partial charge in [-0.05, 0) is 43.4 Å². The molecule has 0 radical (unpaired) electrons. The van der Waals surface area contributed by atoms with Crippen LogP contribution in [0.25, 0.3) is 0 Å². The van der Waals surface area contributed by atoms with Gasteiger partial charge in [-0.15, -0.1) is 0 Å². The SMILES string of the molecule is COC(=O)CC(=O)N1CCN(C(=O)Cc2ccc(Cl)c(Cl)c2)[C@H]2[C@H](N3CCC(O)C3)CCC[C@H]21. The van der Waals surface area contributed by atoms with Crippen molar-refractivity contribution >= 4 is 41.0 Å². The average Bonchev–Trinajstić information content (AvgIpc) is 3.26. The number of esters is 1. The van der Waals surface area contributed by atoms with E-state index in [9.17, 15) is 19.5 Å². The molecule has 0 spiro atoms. The summed E-state index contributed by atoms with van der Waals surface area (Å²) in [4.78, 5) is 44.2. The predicted octanol–water partition coefficient (Wildman–Crippen LogP) is 2.13. The summed E-state index contributed by atoms with van der Waals surface area (Å²) in [5.41, 5.74) is 0.782. The van der Waals surface area contributed by atoms with Crippen molar-refractivity contribution in [1.29, 1.82) is 0 Å². The number of likely N-dealkylation sites (tertiary alicyclic amines) is 1. The minimum Gasteiger partial charge on any atom is -0.469 e. The lowest BCUT2D eigenvalue weighted by Crippen LogP contribution is -2.69. The maximum absolute atomic E-state index is 13.5. The first kappa shape index (κ1) is 25.2. The van der Waals surface area contributed by atoms with Crippen molar-refractivity contribution in [1.82, 2.24) is 14.7 Å². The standard InChI is InChI=1S/C24H31Cl2N3O5/c1-34-23(33)13-22(32)28-9-10-29(21(31)12-15-5-6-17(25)18(26)11-15)24-19(3-2-4-20(24)28)27-8-7-16(30)14-27/h5-6,11,16,19-20,24,30H,2-4,7-10,12-14H2,1H3/t16?,19-,20-,24+/m1/s1. The van der Waals surface area contributed by atoms with E-state index in [0.29, 0.717) is 36.1 Å². The number of benzene rings is 1. The zero-order chi connectivity index (χ0) is 24.4. The van der Waals surface area contributed by atoms with Crippen LogP contribution in [-0.4, -0.2) is 95.1 Å². The minimum atomic E-state index is -0.560. The van der Waals surface area contributed by atoms with Crippen molar-refractivity contribution in [3.63, 3.8) is 0 Å². The number of ether oxygens (including phenoxy) is 1. The zero-order valence-corrected chi connectivity index (χ0v) is 20.8. The fraction of sp³-hybridized carbons (Fsp3) is 0.625. The van der Waals surface area contributed by atoms with Gasteiger partial charge >= 0.3 is 5.97 Å². The number of nitrogens with zero attached hydrogens (tertiary/aromatic N) is 3. The van der Waals surface area contributed by atoms with Gasteiger partial charge in [0.2, 0.25) is 11.8 Å². The Morgan fingerprint density at radius 3 is 2.41 bits per heavy atom. The molecule has 2 aliphatic heterocycles. The van der Waals surface area contributed by atoms with E-state index in [-0.39, 0.29) is 48.9 Å². The Kier molecular flexibility index (Phi) is 8.02. The molecule has 1 aromatic rings. The largest absolute Gasteiger partial charge is 0.469 e. The Morgan fingerprint density at radius 2 is 1.74 bits per heavy atom. The second-order valence-corrected chi connectivity index (χ2v) is 10.2. The van der Waals surface area contributed by atoms with Crippen molar-refractivity contribution in [2.24, 2.45) is 0 Å². The fourth-order valence-corrected chi connectivity index (χ4v) is 6.03.